The van der Waals surface area contributed by atoms with Crippen LogP contribution in [0.3, 0.4) is 0 Å². The van der Waals surface area contributed by atoms with Crippen LogP contribution in [-0.4, -0.2) is 31.9 Å². The first-order valence-corrected chi connectivity index (χ1v) is 9.12. The van der Waals surface area contributed by atoms with E-state index in [0.29, 0.717) is 0 Å². The molecule has 0 aromatic rings. The van der Waals surface area contributed by atoms with E-state index in [1.165, 1.54) is 32.1 Å². The third-order valence-corrected chi connectivity index (χ3v) is 4.25. The molecule has 0 N–H and O–H groups in total. The molecule has 0 unspecified atom stereocenters. The molecule has 0 aliphatic rings. The zero-order valence-electron chi connectivity index (χ0n) is 8.86. The van der Waals surface area contributed by atoms with Gasteiger partial charge in [0.15, 0.2) is 7.38 Å². The van der Waals surface area contributed by atoms with Gasteiger partial charge in [0, 0.05) is 0 Å². The molecule has 74 valence electrons. The lowest BCUT2D eigenvalue weighted by Gasteiger charge is -2.19. The third kappa shape index (κ3) is 7.13. The van der Waals surface area contributed by atoms with Crippen molar-refractivity contribution >= 4 is 18.5 Å². The van der Waals surface area contributed by atoms with E-state index in [1.54, 1.807) is 0 Å². The van der Waals surface area contributed by atoms with Crippen LogP contribution in [0.2, 0.25) is 19.1 Å². The Balaban J connectivity index is 3.41. The van der Waals surface area contributed by atoms with Gasteiger partial charge in [-0.2, -0.15) is 11.1 Å². The fraction of sp³-hybridized carbons (Fsp3) is 1.00. The Hall–Kier alpha value is 0.467. The predicted octanol–water partition coefficient (Wildman–Crippen LogP) is 3.16. The predicted molar refractivity (Wildman–Crippen MR) is 60.5 cm³/mol. The van der Waals surface area contributed by atoms with Crippen molar-refractivity contribution < 1.29 is 0 Å². The molecule has 0 heterocycles. The van der Waals surface area contributed by atoms with Gasteiger partial charge in [-0.25, -0.2) is 0 Å². The summed E-state index contributed by atoms with van der Waals surface area (Å²) >= 11 is 6.22. The van der Waals surface area contributed by atoms with Crippen LogP contribution < -0.4 is 0 Å². The Bertz CT molecular complexity index is 108. The maximum atomic E-state index is 6.22. The van der Waals surface area contributed by atoms with E-state index in [2.05, 4.69) is 31.8 Å². The van der Waals surface area contributed by atoms with Crippen molar-refractivity contribution in [3.63, 3.8) is 0 Å². The fourth-order valence-electron chi connectivity index (χ4n) is 1.26. The average Bonchev–Trinajstić information content (AvgIpc) is 1.96. The first kappa shape index (κ1) is 12.5. The SMILES string of the molecule is CCN(CC)CCC[Si](C)(C)Cl. The number of nitrogens with zero attached hydrogens (tertiary/aromatic N) is 1. The molecule has 0 rings (SSSR count). The second-order valence-corrected chi connectivity index (χ2v) is 10.9. The molecule has 12 heavy (non-hydrogen) atoms. The normalized spacial score (nSPS) is 12.5. The second-order valence-electron chi connectivity index (χ2n) is 3.85. The van der Waals surface area contributed by atoms with Gasteiger partial charge in [0.2, 0.25) is 0 Å². The standard InChI is InChI=1S/C9H22ClNSi/c1-5-11(6-2)8-7-9-12(3,4)10/h5-9H2,1-4H3. The first-order chi connectivity index (χ1) is 5.49. The van der Waals surface area contributed by atoms with Crippen molar-refractivity contribution in [2.24, 2.45) is 0 Å². The molecular formula is C9H22ClNSi. The Morgan fingerprint density at radius 1 is 1.17 bits per heavy atom. The molecule has 0 aliphatic heterocycles. The summed E-state index contributed by atoms with van der Waals surface area (Å²) in [6.07, 6.45) is 1.27. The van der Waals surface area contributed by atoms with E-state index in [0.717, 1.165) is 0 Å². The van der Waals surface area contributed by atoms with E-state index in [-0.39, 0.29) is 0 Å². The Labute approximate surface area is 82.8 Å². The van der Waals surface area contributed by atoms with Gasteiger partial charge in [-0.1, -0.05) is 26.9 Å². The van der Waals surface area contributed by atoms with Crippen molar-refractivity contribution in [2.75, 3.05) is 19.6 Å². The summed E-state index contributed by atoms with van der Waals surface area (Å²) in [4.78, 5) is 2.46. The summed E-state index contributed by atoms with van der Waals surface area (Å²) < 4.78 is 0. The lowest BCUT2D eigenvalue weighted by molar-refractivity contribution is 0.304. The van der Waals surface area contributed by atoms with Gasteiger partial charge in [0.05, 0.1) is 0 Å². The van der Waals surface area contributed by atoms with Crippen LogP contribution in [0.1, 0.15) is 20.3 Å². The molecule has 1 nitrogen and oxygen atoms in total. The minimum Gasteiger partial charge on any atom is -0.304 e. The zero-order valence-corrected chi connectivity index (χ0v) is 10.6. The minimum absolute atomic E-state index is 1.17. The summed E-state index contributed by atoms with van der Waals surface area (Å²) in [5.74, 6) is 0. The van der Waals surface area contributed by atoms with E-state index in [4.69, 9.17) is 11.1 Å². The smallest absolute Gasteiger partial charge is 0.150 e. The van der Waals surface area contributed by atoms with E-state index < -0.39 is 7.38 Å². The van der Waals surface area contributed by atoms with Gasteiger partial charge in [-0.15, -0.1) is 0 Å². The third-order valence-electron chi connectivity index (χ3n) is 2.14. The molecule has 0 spiro atoms. The van der Waals surface area contributed by atoms with Gasteiger partial charge in [0.1, 0.15) is 0 Å². The van der Waals surface area contributed by atoms with Crippen molar-refractivity contribution in [1.82, 2.24) is 4.90 Å². The molecule has 0 saturated heterocycles. The van der Waals surface area contributed by atoms with Crippen LogP contribution in [0.5, 0.6) is 0 Å². The highest BCUT2D eigenvalue weighted by molar-refractivity contribution is 7.19. The second kappa shape index (κ2) is 6.00. The highest BCUT2D eigenvalue weighted by atomic mass is 35.6. The molecule has 0 aliphatic carbocycles. The monoisotopic (exact) mass is 207 g/mol. The average molecular weight is 208 g/mol. The van der Waals surface area contributed by atoms with E-state index in [1.807, 2.05) is 0 Å². The Kier molecular flexibility index (Phi) is 6.24. The molecular weight excluding hydrogens is 186 g/mol. The van der Waals surface area contributed by atoms with Gasteiger partial charge in [0.25, 0.3) is 0 Å². The summed E-state index contributed by atoms with van der Waals surface area (Å²) in [6.45, 7) is 12.4. The number of hydrogen-bond acceptors (Lipinski definition) is 1. The maximum Gasteiger partial charge on any atom is 0.150 e. The van der Waals surface area contributed by atoms with Crippen LogP contribution in [0.4, 0.5) is 0 Å². The summed E-state index contributed by atoms with van der Waals surface area (Å²) in [5.41, 5.74) is 0. The highest BCUT2D eigenvalue weighted by Crippen LogP contribution is 2.16. The zero-order chi connectivity index (χ0) is 9.61. The number of rotatable bonds is 6. The van der Waals surface area contributed by atoms with Crippen molar-refractivity contribution in [3.8, 4) is 0 Å². The van der Waals surface area contributed by atoms with Gasteiger partial charge in [-0.3, -0.25) is 0 Å². The summed E-state index contributed by atoms with van der Waals surface area (Å²) in [5, 5.41) is 0. The van der Waals surface area contributed by atoms with Gasteiger partial charge >= 0.3 is 0 Å². The number of hydrogen-bond donors (Lipinski definition) is 0. The van der Waals surface area contributed by atoms with E-state index >= 15 is 0 Å². The molecule has 0 saturated carbocycles. The van der Waals surface area contributed by atoms with Crippen LogP contribution in [0.15, 0.2) is 0 Å². The Morgan fingerprint density at radius 3 is 2.00 bits per heavy atom. The quantitative estimate of drug-likeness (QED) is 0.478. The Morgan fingerprint density at radius 2 is 1.67 bits per heavy atom. The van der Waals surface area contributed by atoms with Crippen LogP contribution in [0, 0.1) is 0 Å². The molecule has 0 bridgehead atoms. The fourth-order valence-corrected chi connectivity index (χ4v) is 2.66. The molecule has 0 fully saturated rings. The van der Waals surface area contributed by atoms with Crippen LogP contribution in [-0.2, 0) is 0 Å². The lowest BCUT2D eigenvalue weighted by atomic mass is 10.4. The van der Waals surface area contributed by atoms with Gasteiger partial charge in [-0.05, 0) is 32.1 Å². The highest BCUT2D eigenvalue weighted by Gasteiger charge is 2.16. The van der Waals surface area contributed by atoms with Crippen LogP contribution >= 0.6 is 11.1 Å². The summed E-state index contributed by atoms with van der Waals surface area (Å²) in [6, 6.07) is 1.24. The molecule has 0 radical (unpaired) electrons. The maximum absolute atomic E-state index is 6.22. The molecule has 0 aromatic carbocycles. The van der Waals surface area contributed by atoms with Crippen molar-refractivity contribution in [2.45, 2.75) is 39.4 Å². The minimum atomic E-state index is -1.30. The summed E-state index contributed by atoms with van der Waals surface area (Å²) in [7, 11) is -1.30. The largest absolute Gasteiger partial charge is 0.304 e. The molecule has 3 heteroatoms. The van der Waals surface area contributed by atoms with Crippen molar-refractivity contribution in [3.05, 3.63) is 0 Å². The van der Waals surface area contributed by atoms with E-state index in [9.17, 15) is 0 Å². The lowest BCUT2D eigenvalue weighted by Crippen LogP contribution is -2.26. The molecule has 0 atom stereocenters. The first-order valence-electron chi connectivity index (χ1n) is 4.91. The van der Waals surface area contributed by atoms with Crippen molar-refractivity contribution in [1.29, 1.82) is 0 Å². The van der Waals surface area contributed by atoms with Gasteiger partial charge < -0.3 is 4.90 Å². The topological polar surface area (TPSA) is 3.24 Å². The van der Waals surface area contributed by atoms with Crippen LogP contribution in [0.25, 0.3) is 0 Å². The number of halogens is 1. The molecule has 0 amide bonds. The molecule has 0 aromatic heterocycles.